The molecular weight excluding hydrogens is 432 g/mol. The minimum atomic E-state index is -2.82. The number of hydrogen-bond donors (Lipinski definition) is 8. The second-order valence-electron chi connectivity index (χ2n) is 8.39. The zero-order chi connectivity index (χ0) is 24.1. The molecule has 0 aromatic carbocycles. The van der Waals surface area contributed by atoms with Crippen LogP contribution in [-0.2, 0) is 19.0 Å². The molecule has 0 unspecified atom stereocenters. The van der Waals surface area contributed by atoms with Crippen LogP contribution in [0.25, 0.3) is 0 Å². The van der Waals surface area contributed by atoms with Crippen LogP contribution in [0.2, 0.25) is 0 Å². The third kappa shape index (κ3) is 4.80. The molecule has 0 aromatic rings. The second kappa shape index (κ2) is 11.5. The highest BCUT2D eigenvalue weighted by Crippen LogP contribution is 2.48. The van der Waals surface area contributed by atoms with Gasteiger partial charge in [0.25, 0.3) is 5.79 Å². The lowest BCUT2D eigenvalue weighted by Crippen LogP contribution is -2.78. The van der Waals surface area contributed by atoms with Crippen LogP contribution in [0.4, 0.5) is 0 Å². The van der Waals surface area contributed by atoms with Crippen molar-refractivity contribution >= 4 is 5.97 Å². The largest absolute Gasteiger partial charge is 0.427 e. The van der Waals surface area contributed by atoms with Crippen molar-refractivity contribution in [2.24, 2.45) is 0 Å². The van der Waals surface area contributed by atoms with Gasteiger partial charge in [-0.05, 0) is 6.42 Å². The summed E-state index contributed by atoms with van der Waals surface area (Å²) >= 11 is 0. The van der Waals surface area contributed by atoms with Crippen LogP contribution >= 0.6 is 0 Å². The van der Waals surface area contributed by atoms with Crippen LogP contribution in [-0.4, -0.2) is 121 Å². The smallest absolute Gasteiger partial charge is 0.308 e. The summed E-state index contributed by atoms with van der Waals surface area (Å²) in [7, 11) is 0. The minimum absolute atomic E-state index is 0.131. The molecule has 32 heavy (non-hydrogen) atoms. The molecule has 12 nitrogen and oxygen atoms in total. The molecule has 0 radical (unpaired) electrons. The summed E-state index contributed by atoms with van der Waals surface area (Å²) < 4.78 is 16.4. The second-order valence-corrected chi connectivity index (χ2v) is 8.39. The van der Waals surface area contributed by atoms with E-state index in [-0.39, 0.29) is 6.42 Å². The van der Waals surface area contributed by atoms with E-state index in [1.807, 2.05) is 6.92 Å². The van der Waals surface area contributed by atoms with Crippen molar-refractivity contribution in [1.29, 1.82) is 0 Å². The van der Waals surface area contributed by atoms with Gasteiger partial charge in [-0.25, -0.2) is 0 Å². The molecule has 0 spiro atoms. The standard InChI is InChI=1S/C20H36O12/c1-2-3-4-5-6-7-13(24)32-20(18(29)16(27)14(25)11(8-21)31-20)19(10-23)17(28)15(26)12(9-22)30-19/h11-12,14-18,21-23,25-29H,2-10H2,1H3/t11-,12-,14-,15-,16+,17+,18-,19+,20+/m1/s1. The van der Waals surface area contributed by atoms with Crippen LogP contribution in [0.1, 0.15) is 45.4 Å². The number of aliphatic hydroxyl groups excluding tert-OH is 8. The Morgan fingerprint density at radius 3 is 1.94 bits per heavy atom. The molecule has 2 heterocycles. The number of carbonyl (C=O) groups excluding carboxylic acids is 1. The molecule has 188 valence electrons. The number of rotatable bonds is 11. The van der Waals surface area contributed by atoms with E-state index >= 15 is 0 Å². The predicted octanol–water partition coefficient (Wildman–Crippen LogP) is -3.10. The molecule has 0 aromatic heterocycles. The summed E-state index contributed by atoms with van der Waals surface area (Å²) in [6.45, 7) is -0.826. The van der Waals surface area contributed by atoms with E-state index in [9.17, 15) is 45.6 Å². The zero-order valence-electron chi connectivity index (χ0n) is 18.1. The van der Waals surface area contributed by atoms with Crippen LogP contribution in [0.3, 0.4) is 0 Å². The molecule has 0 bridgehead atoms. The lowest BCUT2D eigenvalue weighted by Gasteiger charge is -2.54. The fraction of sp³-hybridized carbons (Fsp3) is 0.950. The van der Waals surface area contributed by atoms with E-state index in [0.29, 0.717) is 6.42 Å². The van der Waals surface area contributed by atoms with Gasteiger partial charge in [0.2, 0.25) is 0 Å². The zero-order valence-corrected chi connectivity index (χ0v) is 18.1. The van der Waals surface area contributed by atoms with Gasteiger partial charge in [0, 0.05) is 6.42 Å². The third-order valence-electron chi connectivity index (χ3n) is 6.25. The van der Waals surface area contributed by atoms with Gasteiger partial charge < -0.3 is 55.1 Å². The van der Waals surface area contributed by atoms with Crippen LogP contribution in [0, 0.1) is 0 Å². The van der Waals surface area contributed by atoms with E-state index in [0.717, 1.165) is 25.7 Å². The molecule has 2 rings (SSSR count). The van der Waals surface area contributed by atoms with Crippen molar-refractivity contribution in [3.63, 3.8) is 0 Å². The molecule has 9 atom stereocenters. The van der Waals surface area contributed by atoms with E-state index < -0.39 is 79.9 Å². The summed E-state index contributed by atoms with van der Waals surface area (Å²) in [5, 5.41) is 81.6. The Bertz CT molecular complexity index is 603. The highest BCUT2D eigenvalue weighted by atomic mass is 16.8. The van der Waals surface area contributed by atoms with Gasteiger partial charge in [-0.3, -0.25) is 4.79 Å². The molecular formula is C20H36O12. The Hall–Kier alpha value is -0.930. The van der Waals surface area contributed by atoms with E-state index in [1.54, 1.807) is 0 Å². The van der Waals surface area contributed by atoms with Crippen molar-refractivity contribution in [3.8, 4) is 0 Å². The monoisotopic (exact) mass is 468 g/mol. The lowest BCUT2D eigenvalue weighted by molar-refractivity contribution is -0.415. The Balaban J connectivity index is 2.42. The van der Waals surface area contributed by atoms with Gasteiger partial charge in [-0.1, -0.05) is 32.6 Å². The number of esters is 1. The van der Waals surface area contributed by atoms with Gasteiger partial charge in [-0.15, -0.1) is 0 Å². The molecule has 2 saturated heterocycles. The highest BCUT2D eigenvalue weighted by Gasteiger charge is 2.74. The Labute approximate surface area is 186 Å². The number of hydrogen-bond acceptors (Lipinski definition) is 12. The minimum Gasteiger partial charge on any atom is -0.427 e. The summed E-state index contributed by atoms with van der Waals surface area (Å²) in [5.74, 6) is -3.75. The van der Waals surface area contributed by atoms with Crippen molar-refractivity contribution in [1.82, 2.24) is 0 Å². The summed E-state index contributed by atoms with van der Waals surface area (Å²) in [5.41, 5.74) is -2.55. The molecule has 2 aliphatic heterocycles. The molecule has 12 heteroatoms. The average molecular weight is 468 g/mol. The Kier molecular flexibility index (Phi) is 9.79. The first kappa shape index (κ1) is 27.3. The maximum absolute atomic E-state index is 12.7. The van der Waals surface area contributed by atoms with Crippen LogP contribution in [0.15, 0.2) is 0 Å². The first-order valence-electron chi connectivity index (χ1n) is 11.0. The van der Waals surface area contributed by atoms with Gasteiger partial charge in [0.05, 0.1) is 19.8 Å². The van der Waals surface area contributed by atoms with Crippen molar-refractivity contribution < 1.29 is 59.9 Å². The Morgan fingerprint density at radius 2 is 1.41 bits per heavy atom. The van der Waals surface area contributed by atoms with Gasteiger partial charge in [-0.2, -0.15) is 0 Å². The molecule has 0 amide bonds. The number of aliphatic hydroxyl groups is 8. The van der Waals surface area contributed by atoms with E-state index in [2.05, 4.69) is 0 Å². The van der Waals surface area contributed by atoms with Crippen molar-refractivity contribution in [2.45, 2.75) is 99.6 Å². The fourth-order valence-corrected chi connectivity index (χ4v) is 4.32. The van der Waals surface area contributed by atoms with Crippen LogP contribution < -0.4 is 0 Å². The summed E-state index contributed by atoms with van der Waals surface area (Å²) in [4.78, 5) is 12.7. The van der Waals surface area contributed by atoms with E-state index in [1.165, 1.54) is 0 Å². The number of unbranched alkanes of at least 4 members (excludes halogenated alkanes) is 4. The normalized spacial score (nSPS) is 42.2. The van der Waals surface area contributed by atoms with Crippen molar-refractivity contribution in [2.75, 3.05) is 19.8 Å². The molecule has 0 aliphatic carbocycles. The van der Waals surface area contributed by atoms with Gasteiger partial charge in [0.1, 0.15) is 36.6 Å². The number of carbonyl (C=O) groups is 1. The molecule has 8 N–H and O–H groups in total. The van der Waals surface area contributed by atoms with Gasteiger partial charge >= 0.3 is 5.97 Å². The maximum atomic E-state index is 12.7. The van der Waals surface area contributed by atoms with Crippen molar-refractivity contribution in [3.05, 3.63) is 0 Å². The molecule has 2 aliphatic rings. The average Bonchev–Trinajstić information content (AvgIpc) is 3.05. The van der Waals surface area contributed by atoms with Crippen LogP contribution in [0.5, 0.6) is 0 Å². The third-order valence-corrected chi connectivity index (χ3v) is 6.25. The Morgan fingerprint density at radius 1 is 0.812 bits per heavy atom. The predicted molar refractivity (Wildman–Crippen MR) is 106 cm³/mol. The first-order valence-corrected chi connectivity index (χ1v) is 11.0. The fourth-order valence-electron chi connectivity index (χ4n) is 4.32. The number of ether oxygens (including phenoxy) is 3. The SMILES string of the molecule is CCCCCCCC(=O)O[C@@]1([C@@]2(CO)O[C@H](CO)[C@@H](O)[C@@H]2O)O[C@H](CO)[C@@H](O)[C@H](O)[C@H]1O. The maximum Gasteiger partial charge on any atom is 0.308 e. The van der Waals surface area contributed by atoms with Gasteiger partial charge in [0.15, 0.2) is 11.7 Å². The first-order chi connectivity index (χ1) is 15.2. The quantitative estimate of drug-likeness (QED) is 0.112. The summed E-state index contributed by atoms with van der Waals surface area (Å²) in [6, 6.07) is 0. The topological polar surface area (TPSA) is 207 Å². The van der Waals surface area contributed by atoms with E-state index in [4.69, 9.17) is 14.2 Å². The highest BCUT2D eigenvalue weighted by molar-refractivity contribution is 5.70. The molecule has 0 saturated carbocycles. The lowest BCUT2D eigenvalue weighted by atomic mass is 9.78. The summed E-state index contributed by atoms with van der Waals surface area (Å²) in [6.07, 6.45) is -9.08. The molecule has 2 fully saturated rings.